The first-order valence-corrected chi connectivity index (χ1v) is 7.04. The third-order valence-electron chi connectivity index (χ3n) is 4.01. The Hall–Kier alpha value is -2.06. The van der Waals surface area contributed by atoms with Crippen LogP contribution >= 0.6 is 0 Å². The van der Waals surface area contributed by atoms with Crippen molar-refractivity contribution in [2.75, 3.05) is 29.4 Å². The van der Waals surface area contributed by atoms with Crippen LogP contribution in [-0.2, 0) is 4.79 Å². The summed E-state index contributed by atoms with van der Waals surface area (Å²) in [4.78, 5) is 15.8. The largest absolute Gasteiger partial charge is 0.370 e. The number of carbonyl (C=O) groups is 1. The number of amides is 1. The van der Waals surface area contributed by atoms with Crippen LogP contribution in [-0.4, -0.2) is 31.6 Å². The molecule has 2 aliphatic rings. The fraction of sp³-hybridized carbons (Fsp3) is 0.467. The van der Waals surface area contributed by atoms with Crippen molar-refractivity contribution >= 4 is 17.3 Å². The minimum absolute atomic E-state index is 0.0373. The zero-order valence-corrected chi connectivity index (χ0v) is 11.4. The van der Waals surface area contributed by atoms with E-state index in [-0.39, 0.29) is 11.9 Å². The minimum atomic E-state index is -0.105. The molecule has 0 radical (unpaired) electrons. The smallest absolute Gasteiger partial charge is 0.228 e. The Morgan fingerprint density at radius 2 is 2.05 bits per heavy atom. The van der Waals surface area contributed by atoms with Gasteiger partial charge in [0.05, 0.1) is 11.3 Å². The Bertz CT molecular complexity index is 572. The molecule has 0 saturated carbocycles. The number of hydrogen-bond donors (Lipinski definition) is 1. The number of hydrogen-bond acceptors (Lipinski definition) is 4. The third kappa shape index (κ3) is 2.23. The number of nitriles is 1. The number of benzene rings is 1. The Balaban J connectivity index is 1.91. The van der Waals surface area contributed by atoms with Crippen molar-refractivity contribution in [3.8, 4) is 6.07 Å². The zero-order valence-electron chi connectivity index (χ0n) is 11.4. The van der Waals surface area contributed by atoms with Gasteiger partial charge in [-0.15, -0.1) is 0 Å². The summed E-state index contributed by atoms with van der Waals surface area (Å²) in [5, 5.41) is 9.36. The first-order valence-electron chi connectivity index (χ1n) is 7.04. The average Bonchev–Trinajstić information content (AvgIpc) is 3.07. The van der Waals surface area contributed by atoms with Gasteiger partial charge in [0.1, 0.15) is 6.07 Å². The third-order valence-corrected chi connectivity index (χ3v) is 4.01. The summed E-state index contributed by atoms with van der Waals surface area (Å²) in [5.41, 5.74) is 8.21. The molecule has 0 aromatic heterocycles. The van der Waals surface area contributed by atoms with E-state index in [4.69, 9.17) is 5.73 Å². The lowest BCUT2D eigenvalue weighted by atomic mass is 10.1. The number of anilines is 2. The normalized spacial score (nSPS) is 22.4. The van der Waals surface area contributed by atoms with Gasteiger partial charge in [-0.2, -0.15) is 5.26 Å². The molecular weight excluding hydrogens is 252 g/mol. The lowest BCUT2D eigenvalue weighted by Gasteiger charge is -2.22. The second-order valence-corrected chi connectivity index (χ2v) is 5.48. The molecule has 2 heterocycles. The number of nitrogens with zero attached hydrogens (tertiary/aromatic N) is 3. The lowest BCUT2D eigenvalue weighted by molar-refractivity contribution is -0.117. The SMILES string of the molecule is N#Cc1cc(N2CC(N)CC2=O)ccc1N1CCCC1. The van der Waals surface area contributed by atoms with Gasteiger partial charge in [-0.05, 0) is 31.0 Å². The maximum absolute atomic E-state index is 11.9. The molecule has 0 bridgehead atoms. The standard InChI is InChI=1S/C15H18N4O/c16-9-11-7-13(19-10-12(17)8-15(19)20)3-4-14(11)18-5-1-2-6-18/h3-4,7,12H,1-2,5-6,8,10,17H2. The fourth-order valence-electron chi connectivity index (χ4n) is 3.00. The van der Waals surface area contributed by atoms with E-state index < -0.39 is 0 Å². The van der Waals surface area contributed by atoms with E-state index in [0.717, 1.165) is 24.5 Å². The Morgan fingerprint density at radius 1 is 1.30 bits per heavy atom. The average molecular weight is 270 g/mol. The minimum Gasteiger partial charge on any atom is -0.370 e. The molecule has 5 heteroatoms. The van der Waals surface area contributed by atoms with E-state index in [1.807, 2.05) is 18.2 Å². The Labute approximate surface area is 118 Å². The van der Waals surface area contributed by atoms with Crippen molar-refractivity contribution in [2.45, 2.75) is 25.3 Å². The molecule has 3 rings (SSSR count). The summed E-state index contributed by atoms with van der Waals surface area (Å²) in [5.74, 6) is 0.0373. The first kappa shape index (κ1) is 12.9. The summed E-state index contributed by atoms with van der Waals surface area (Å²) in [6.07, 6.45) is 2.73. The molecule has 2 fully saturated rings. The van der Waals surface area contributed by atoms with Crippen LogP contribution < -0.4 is 15.5 Å². The van der Waals surface area contributed by atoms with Crippen molar-refractivity contribution in [1.29, 1.82) is 5.26 Å². The van der Waals surface area contributed by atoms with Crippen LogP contribution in [0.1, 0.15) is 24.8 Å². The van der Waals surface area contributed by atoms with Crippen LogP contribution in [0.15, 0.2) is 18.2 Å². The summed E-state index contributed by atoms with van der Waals surface area (Å²) < 4.78 is 0. The van der Waals surface area contributed by atoms with Crippen LogP contribution in [0.3, 0.4) is 0 Å². The van der Waals surface area contributed by atoms with Gasteiger partial charge >= 0.3 is 0 Å². The highest BCUT2D eigenvalue weighted by Crippen LogP contribution is 2.30. The Kier molecular flexibility index (Phi) is 3.33. The van der Waals surface area contributed by atoms with Crippen molar-refractivity contribution in [3.05, 3.63) is 23.8 Å². The highest BCUT2D eigenvalue weighted by molar-refractivity contribution is 5.96. The molecule has 0 aliphatic carbocycles. The highest BCUT2D eigenvalue weighted by atomic mass is 16.2. The van der Waals surface area contributed by atoms with E-state index in [1.165, 1.54) is 12.8 Å². The van der Waals surface area contributed by atoms with E-state index in [9.17, 15) is 10.1 Å². The van der Waals surface area contributed by atoms with Crippen molar-refractivity contribution in [3.63, 3.8) is 0 Å². The first-order chi connectivity index (χ1) is 9.69. The van der Waals surface area contributed by atoms with Gasteiger partial charge in [0.2, 0.25) is 5.91 Å². The predicted molar refractivity (Wildman–Crippen MR) is 77.5 cm³/mol. The molecule has 1 amide bonds. The second kappa shape index (κ2) is 5.14. The fourth-order valence-corrected chi connectivity index (χ4v) is 3.00. The molecule has 20 heavy (non-hydrogen) atoms. The summed E-state index contributed by atoms with van der Waals surface area (Å²) in [7, 11) is 0. The molecule has 2 N–H and O–H groups in total. The van der Waals surface area contributed by atoms with Crippen molar-refractivity contribution in [1.82, 2.24) is 0 Å². The van der Waals surface area contributed by atoms with Gasteiger partial charge in [-0.25, -0.2) is 0 Å². The molecule has 1 atom stereocenters. The maximum atomic E-state index is 11.9. The van der Waals surface area contributed by atoms with Crippen molar-refractivity contribution < 1.29 is 4.79 Å². The van der Waals surface area contributed by atoms with E-state index in [2.05, 4.69) is 11.0 Å². The molecule has 1 aromatic rings. The van der Waals surface area contributed by atoms with Gasteiger partial charge in [0.25, 0.3) is 0 Å². The second-order valence-electron chi connectivity index (χ2n) is 5.48. The molecule has 104 valence electrons. The van der Waals surface area contributed by atoms with E-state index >= 15 is 0 Å². The Morgan fingerprint density at radius 3 is 2.65 bits per heavy atom. The van der Waals surface area contributed by atoms with Crippen LogP contribution in [0.25, 0.3) is 0 Å². The van der Waals surface area contributed by atoms with Crippen LogP contribution in [0.4, 0.5) is 11.4 Å². The molecular formula is C15H18N4O. The number of nitrogens with two attached hydrogens (primary N) is 1. The molecule has 2 aliphatic heterocycles. The van der Waals surface area contributed by atoms with Gasteiger partial charge in [-0.3, -0.25) is 4.79 Å². The van der Waals surface area contributed by atoms with Crippen molar-refractivity contribution in [2.24, 2.45) is 5.73 Å². The van der Waals surface area contributed by atoms with Crippen LogP contribution in [0.5, 0.6) is 0 Å². The lowest BCUT2D eigenvalue weighted by Crippen LogP contribution is -2.28. The zero-order chi connectivity index (χ0) is 14.1. The topological polar surface area (TPSA) is 73.4 Å². The van der Waals surface area contributed by atoms with Gasteiger partial charge in [0.15, 0.2) is 0 Å². The maximum Gasteiger partial charge on any atom is 0.228 e. The van der Waals surface area contributed by atoms with E-state index in [0.29, 0.717) is 18.5 Å². The molecule has 5 nitrogen and oxygen atoms in total. The van der Waals surface area contributed by atoms with Crippen LogP contribution in [0, 0.1) is 11.3 Å². The van der Waals surface area contributed by atoms with Gasteiger partial charge in [-0.1, -0.05) is 0 Å². The molecule has 1 unspecified atom stereocenters. The summed E-state index contributed by atoms with van der Waals surface area (Å²) in [6, 6.07) is 7.83. The van der Waals surface area contributed by atoms with Crippen LogP contribution in [0.2, 0.25) is 0 Å². The molecule has 0 spiro atoms. The van der Waals surface area contributed by atoms with Gasteiger partial charge in [0, 0.05) is 37.8 Å². The molecule has 2 saturated heterocycles. The molecule has 1 aromatic carbocycles. The van der Waals surface area contributed by atoms with E-state index in [1.54, 1.807) is 4.90 Å². The number of rotatable bonds is 2. The summed E-state index contributed by atoms with van der Waals surface area (Å²) >= 11 is 0. The van der Waals surface area contributed by atoms with Gasteiger partial charge < -0.3 is 15.5 Å². The summed E-state index contributed by atoms with van der Waals surface area (Å²) in [6.45, 7) is 2.54. The predicted octanol–water partition coefficient (Wildman–Crippen LogP) is 1.22. The quantitative estimate of drug-likeness (QED) is 0.877. The monoisotopic (exact) mass is 270 g/mol. The highest BCUT2D eigenvalue weighted by Gasteiger charge is 2.28. The number of carbonyl (C=O) groups excluding carboxylic acids is 1.